The van der Waals surface area contributed by atoms with Gasteiger partial charge >= 0.3 is 0 Å². The zero-order valence-electron chi connectivity index (χ0n) is 38.6. The Kier molecular flexibility index (Phi) is 11.3. The van der Waals surface area contributed by atoms with Crippen LogP contribution >= 0.6 is 0 Å². The maximum atomic E-state index is 2.42. The molecule has 0 radical (unpaired) electrons. The number of para-hydroxylation sites is 1. The Morgan fingerprint density at radius 1 is 0.229 bits per heavy atom. The van der Waals surface area contributed by atoms with Crippen molar-refractivity contribution in [3.8, 4) is 83.7 Å². The molecule has 2 heteroatoms. The molecular weight excluding hydrogens is 845 g/mol. The molecule has 0 atom stereocenters. The van der Waals surface area contributed by atoms with E-state index >= 15 is 0 Å². The number of hydrogen-bond donors (Lipinski definition) is 0. The highest BCUT2D eigenvalue weighted by molar-refractivity contribution is 6.07. The fraction of sp³-hybridized carbons (Fsp3) is 0. The highest BCUT2D eigenvalue weighted by Gasteiger charge is 2.22. The van der Waals surface area contributed by atoms with Gasteiger partial charge in [-0.05, 0) is 127 Å². The molecule has 0 amide bonds. The quantitative estimate of drug-likeness (QED) is 0.126. The van der Waals surface area contributed by atoms with E-state index in [1.54, 1.807) is 0 Å². The van der Waals surface area contributed by atoms with E-state index in [1.165, 1.54) is 77.8 Å². The summed E-state index contributed by atoms with van der Waals surface area (Å²) in [6, 6.07) is 105. The predicted octanol–water partition coefficient (Wildman–Crippen LogP) is 18.8. The zero-order chi connectivity index (χ0) is 46.6. The van der Waals surface area contributed by atoms with Crippen LogP contribution in [0.25, 0.3) is 94.6 Å². The van der Waals surface area contributed by atoms with E-state index in [4.69, 9.17) is 0 Å². The van der Waals surface area contributed by atoms with Gasteiger partial charge in [-0.2, -0.15) is 0 Å². The summed E-state index contributed by atoms with van der Waals surface area (Å²) in [6.45, 7) is 0. The summed E-state index contributed by atoms with van der Waals surface area (Å²) in [5.41, 5.74) is 22.2. The molecule has 12 rings (SSSR count). The summed E-state index contributed by atoms with van der Waals surface area (Å²) in [4.78, 5) is 2.36. The van der Waals surface area contributed by atoms with Crippen LogP contribution in [0.2, 0.25) is 0 Å². The highest BCUT2D eigenvalue weighted by atomic mass is 15.1. The van der Waals surface area contributed by atoms with E-state index in [-0.39, 0.29) is 0 Å². The van der Waals surface area contributed by atoms with Crippen molar-refractivity contribution in [2.45, 2.75) is 0 Å². The number of aromatic nitrogens is 1. The molecule has 0 aliphatic heterocycles. The van der Waals surface area contributed by atoms with Gasteiger partial charge in [0.1, 0.15) is 0 Å². The van der Waals surface area contributed by atoms with Crippen molar-refractivity contribution in [3.05, 3.63) is 291 Å². The summed E-state index contributed by atoms with van der Waals surface area (Å²) in [5, 5.41) is 1.21. The van der Waals surface area contributed by atoms with E-state index in [1.807, 2.05) is 0 Å². The van der Waals surface area contributed by atoms with Crippen molar-refractivity contribution in [1.29, 1.82) is 0 Å². The summed E-state index contributed by atoms with van der Waals surface area (Å²) in [5.74, 6) is 0. The molecule has 11 aromatic carbocycles. The molecule has 0 N–H and O–H groups in total. The predicted molar refractivity (Wildman–Crippen MR) is 296 cm³/mol. The number of nitrogens with zero attached hydrogens (tertiary/aromatic N) is 2. The maximum absolute atomic E-state index is 2.42. The minimum atomic E-state index is 1.08. The van der Waals surface area contributed by atoms with Crippen LogP contribution in [0.1, 0.15) is 0 Å². The highest BCUT2D eigenvalue weighted by Crippen LogP contribution is 2.45. The number of fused-ring (bicyclic) bond motifs is 1. The van der Waals surface area contributed by atoms with E-state index in [0.29, 0.717) is 0 Å². The molecule has 0 saturated heterocycles. The van der Waals surface area contributed by atoms with E-state index in [0.717, 1.165) is 33.9 Å². The van der Waals surface area contributed by atoms with Crippen molar-refractivity contribution in [3.63, 3.8) is 0 Å². The molecule has 330 valence electrons. The summed E-state index contributed by atoms with van der Waals surface area (Å²) in [7, 11) is 0. The zero-order valence-corrected chi connectivity index (χ0v) is 38.6. The molecule has 0 bridgehead atoms. The first-order chi connectivity index (χ1) is 34.7. The van der Waals surface area contributed by atoms with Gasteiger partial charge in [0.2, 0.25) is 0 Å². The van der Waals surface area contributed by atoms with Crippen molar-refractivity contribution >= 4 is 28.0 Å². The van der Waals surface area contributed by atoms with Crippen molar-refractivity contribution < 1.29 is 0 Å². The Morgan fingerprint density at radius 2 is 0.514 bits per heavy atom. The van der Waals surface area contributed by atoms with Crippen LogP contribution in [0.4, 0.5) is 17.1 Å². The molecule has 0 saturated carbocycles. The maximum Gasteiger partial charge on any atom is 0.0619 e. The molecular formula is C68H48N2. The van der Waals surface area contributed by atoms with Gasteiger partial charge in [0.15, 0.2) is 0 Å². The van der Waals surface area contributed by atoms with Crippen molar-refractivity contribution in [1.82, 2.24) is 4.57 Å². The first-order valence-corrected chi connectivity index (χ1v) is 24.0. The molecule has 0 aliphatic carbocycles. The topological polar surface area (TPSA) is 8.17 Å². The number of benzene rings is 11. The molecule has 0 spiro atoms. The molecule has 70 heavy (non-hydrogen) atoms. The Hall–Kier alpha value is -9.24. The second-order valence-corrected chi connectivity index (χ2v) is 17.7. The van der Waals surface area contributed by atoms with Crippen LogP contribution in [-0.4, -0.2) is 4.57 Å². The lowest BCUT2D eigenvalue weighted by Gasteiger charge is -2.26. The molecule has 2 nitrogen and oxygen atoms in total. The Morgan fingerprint density at radius 3 is 0.900 bits per heavy atom. The van der Waals surface area contributed by atoms with Crippen LogP contribution in [0.5, 0.6) is 0 Å². The Balaban J connectivity index is 0.921. The van der Waals surface area contributed by atoms with E-state index in [9.17, 15) is 0 Å². The SMILES string of the molecule is c1ccc(-c2ccc(-c3ccc(N(c4ccc(-c5ccc(-c6ccccc6)cc5)cc4)c4ccc(-c5ccc6c(c5)c(-c5ccccc5)c(-c5ccccc5)n6-c5ccccc5)cc4)cc3)cc2)cc1. The van der Waals surface area contributed by atoms with Crippen molar-refractivity contribution in [2.24, 2.45) is 0 Å². The molecule has 0 unspecified atom stereocenters. The first-order valence-electron chi connectivity index (χ1n) is 24.0. The average Bonchev–Trinajstić information content (AvgIpc) is 3.80. The number of anilines is 3. The average molecular weight is 893 g/mol. The van der Waals surface area contributed by atoms with Gasteiger partial charge in [0.25, 0.3) is 0 Å². The van der Waals surface area contributed by atoms with Crippen LogP contribution in [0.3, 0.4) is 0 Å². The van der Waals surface area contributed by atoms with Crippen molar-refractivity contribution in [2.75, 3.05) is 4.90 Å². The van der Waals surface area contributed by atoms with Gasteiger partial charge < -0.3 is 9.47 Å². The normalized spacial score (nSPS) is 11.1. The van der Waals surface area contributed by atoms with Crippen LogP contribution in [0.15, 0.2) is 291 Å². The van der Waals surface area contributed by atoms with Gasteiger partial charge in [0, 0.05) is 33.7 Å². The smallest absolute Gasteiger partial charge is 0.0619 e. The van der Waals surface area contributed by atoms with Gasteiger partial charge in [-0.3, -0.25) is 0 Å². The van der Waals surface area contributed by atoms with Gasteiger partial charge in [-0.25, -0.2) is 0 Å². The summed E-state index contributed by atoms with van der Waals surface area (Å²) >= 11 is 0. The molecule has 1 aromatic heterocycles. The third-order valence-electron chi connectivity index (χ3n) is 13.5. The van der Waals surface area contributed by atoms with Crippen LogP contribution in [-0.2, 0) is 0 Å². The monoisotopic (exact) mass is 892 g/mol. The molecule has 12 aromatic rings. The molecule has 0 aliphatic rings. The number of rotatable bonds is 11. The molecule has 1 heterocycles. The second kappa shape index (κ2) is 18.8. The largest absolute Gasteiger partial charge is 0.311 e. The van der Waals surface area contributed by atoms with Gasteiger partial charge in [-0.15, -0.1) is 0 Å². The lowest BCUT2D eigenvalue weighted by atomic mass is 9.96. The van der Waals surface area contributed by atoms with E-state index in [2.05, 4.69) is 301 Å². The lowest BCUT2D eigenvalue weighted by Crippen LogP contribution is -2.09. The third kappa shape index (κ3) is 8.29. The Bertz CT molecular complexity index is 3530. The Labute approximate surface area is 410 Å². The first kappa shape index (κ1) is 42.1. The lowest BCUT2D eigenvalue weighted by molar-refractivity contribution is 1.13. The second-order valence-electron chi connectivity index (χ2n) is 17.7. The van der Waals surface area contributed by atoms with Crippen LogP contribution < -0.4 is 4.90 Å². The van der Waals surface area contributed by atoms with Gasteiger partial charge in [-0.1, -0.05) is 231 Å². The standard InChI is InChI=1S/C68H48N2/c1-6-16-49(17-7-1)51-26-30-53(31-27-51)55-34-41-62(42-35-55)69(63-43-36-56(37-44-63)54-32-28-52(29-33-54)50-18-8-2-9-19-50)64-45-38-57(39-46-64)60-40-47-66-65(48-60)67(58-20-10-3-11-21-58)68(59-22-12-4-13-23-59)70(66)61-24-14-5-15-25-61/h1-48H. The molecule has 0 fully saturated rings. The van der Waals surface area contributed by atoms with E-state index < -0.39 is 0 Å². The summed E-state index contributed by atoms with van der Waals surface area (Å²) < 4.78 is 2.42. The fourth-order valence-corrected chi connectivity index (χ4v) is 9.91. The summed E-state index contributed by atoms with van der Waals surface area (Å²) in [6.07, 6.45) is 0. The van der Waals surface area contributed by atoms with Gasteiger partial charge in [0.05, 0.1) is 11.2 Å². The third-order valence-corrected chi connectivity index (χ3v) is 13.5. The minimum absolute atomic E-state index is 1.08. The number of hydrogen-bond acceptors (Lipinski definition) is 1. The van der Waals surface area contributed by atoms with Crippen LogP contribution in [0, 0.1) is 0 Å². The minimum Gasteiger partial charge on any atom is -0.311 e. The fourth-order valence-electron chi connectivity index (χ4n) is 9.91.